The molecule has 0 N–H and O–H groups in total. The van der Waals surface area contributed by atoms with E-state index >= 15 is 0 Å². The molecule has 1 aromatic heterocycles. The van der Waals surface area contributed by atoms with Crippen LogP contribution in [0.3, 0.4) is 0 Å². The quantitative estimate of drug-likeness (QED) is 0.674. The second kappa shape index (κ2) is 9.36. The molecule has 0 atom stereocenters. The molecular weight excluding hydrogens is 384 g/mol. The minimum atomic E-state index is 0.251. The molecule has 2 aliphatic rings. The number of anilines is 1. The third kappa shape index (κ3) is 5.30. The Hall–Kier alpha value is -1.37. The maximum atomic E-state index is 12.1. The standard InChI is InChI=1S/C18H27BrN4O2/c19-10-4-7-18(24)23-13-11-22(12-14-23)16-8-9-17(21-20-16)25-15-5-2-1-3-6-15/h8-9,15H,1-7,10-14H2. The Morgan fingerprint density at radius 3 is 2.52 bits per heavy atom. The second-order valence-electron chi connectivity index (χ2n) is 6.77. The number of aromatic nitrogens is 2. The first-order valence-electron chi connectivity index (χ1n) is 9.35. The van der Waals surface area contributed by atoms with Crippen molar-refractivity contribution in [2.45, 2.75) is 51.0 Å². The van der Waals surface area contributed by atoms with Crippen LogP contribution in [0.4, 0.5) is 5.82 Å². The Morgan fingerprint density at radius 2 is 1.88 bits per heavy atom. The van der Waals surface area contributed by atoms with Gasteiger partial charge >= 0.3 is 0 Å². The van der Waals surface area contributed by atoms with Crippen LogP contribution in [0.15, 0.2) is 12.1 Å². The molecule has 0 radical (unpaired) electrons. The largest absolute Gasteiger partial charge is 0.473 e. The minimum absolute atomic E-state index is 0.251. The smallest absolute Gasteiger partial charge is 0.233 e. The number of carbonyl (C=O) groups excluding carboxylic acids is 1. The predicted molar refractivity (Wildman–Crippen MR) is 101 cm³/mol. The summed E-state index contributed by atoms with van der Waals surface area (Å²) in [5, 5.41) is 9.45. The monoisotopic (exact) mass is 410 g/mol. The Balaban J connectivity index is 1.47. The molecule has 0 unspecified atom stereocenters. The van der Waals surface area contributed by atoms with Gasteiger partial charge in [0.1, 0.15) is 6.10 Å². The van der Waals surface area contributed by atoms with E-state index in [4.69, 9.17) is 4.74 Å². The van der Waals surface area contributed by atoms with Crippen LogP contribution in [0.1, 0.15) is 44.9 Å². The van der Waals surface area contributed by atoms with Crippen LogP contribution >= 0.6 is 15.9 Å². The van der Waals surface area contributed by atoms with Crippen LogP contribution in [0.5, 0.6) is 5.88 Å². The predicted octanol–water partition coefficient (Wildman–Crippen LogP) is 3.01. The van der Waals surface area contributed by atoms with E-state index in [0.717, 1.165) is 56.6 Å². The van der Waals surface area contributed by atoms with Crippen molar-refractivity contribution in [1.29, 1.82) is 0 Å². The summed E-state index contributed by atoms with van der Waals surface area (Å²) in [6.45, 7) is 3.11. The summed E-state index contributed by atoms with van der Waals surface area (Å²) in [5.41, 5.74) is 0. The van der Waals surface area contributed by atoms with E-state index in [1.54, 1.807) is 0 Å². The number of amides is 1. The van der Waals surface area contributed by atoms with Crippen LogP contribution in [0.25, 0.3) is 0 Å². The van der Waals surface area contributed by atoms with Gasteiger partial charge < -0.3 is 14.5 Å². The lowest BCUT2D eigenvalue weighted by Gasteiger charge is -2.35. The Kier molecular flexibility index (Phi) is 6.90. The Labute approximate surface area is 158 Å². The van der Waals surface area contributed by atoms with Crippen LogP contribution in [0, 0.1) is 0 Å². The van der Waals surface area contributed by atoms with Crippen molar-refractivity contribution in [1.82, 2.24) is 15.1 Å². The molecule has 1 aliphatic carbocycles. The van der Waals surface area contributed by atoms with Gasteiger partial charge in [0.25, 0.3) is 0 Å². The third-order valence-electron chi connectivity index (χ3n) is 4.95. The molecule has 6 nitrogen and oxygen atoms in total. The van der Waals surface area contributed by atoms with E-state index in [2.05, 4.69) is 31.0 Å². The summed E-state index contributed by atoms with van der Waals surface area (Å²) in [6.07, 6.45) is 7.86. The van der Waals surface area contributed by atoms with Gasteiger partial charge in [-0.25, -0.2) is 0 Å². The second-order valence-corrected chi connectivity index (χ2v) is 7.56. The van der Waals surface area contributed by atoms with Crippen molar-refractivity contribution in [3.63, 3.8) is 0 Å². The molecule has 1 aliphatic heterocycles. The van der Waals surface area contributed by atoms with Crippen LogP contribution in [-0.2, 0) is 4.79 Å². The molecule has 3 rings (SSSR count). The molecule has 25 heavy (non-hydrogen) atoms. The normalized spacial score (nSPS) is 19.1. The van der Waals surface area contributed by atoms with Gasteiger partial charge in [-0.05, 0) is 38.2 Å². The Bertz CT molecular complexity index is 541. The number of halogens is 1. The van der Waals surface area contributed by atoms with Crippen molar-refractivity contribution < 1.29 is 9.53 Å². The topological polar surface area (TPSA) is 58.6 Å². The molecule has 138 valence electrons. The first-order chi connectivity index (χ1) is 12.3. The number of hydrogen-bond donors (Lipinski definition) is 0. The molecule has 2 fully saturated rings. The molecule has 2 heterocycles. The summed E-state index contributed by atoms with van der Waals surface area (Å²) in [5.74, 6) is 1.74. The lowest BCUT2D eigenvalue weighted by Crippen LogP contribution is -2.49. The van der Waals surface area contributed by atoms with Crippen LogP contribution in [-0.4, -0.2) is 58.6 Å². The zero-order valence-corrected chi connectivity index (χ0v) is 16.3. The van der Waals surface area contributed by atoms with Crippen molar-refractivity contribution in [2.75, 3.05) is 36.4 Å². The maximum absolute atomic E-state index is 12.1. The fraction of sp³-hybridized carbons (Fsp3) is 0.722. The number of hydrogen-bond acceptors (Lipinski definition) is 5. The van der Waals surface area contributed by atoms with Crippen LogP contribution < -0.4 is 9.64 Å². The van der Waals surface area contributed by atoms with Gasteiger partial charge in [-0.1, -0.05) is 22.4 Å². The molecule has 0 aromatic carbocycles. The molecule has 7 heteroatoms. The van der Waals surface area contributed by atoms with Gasteiger partial charge in [0, 0.05) is 44.0 Å². The van der Waals surface area contributed by atoms with Gasteiger partial charge in [0.2, 0.25) is 11.8 Å². The number of alkyl halides is 1. The van der Waals surface area contributed by atoms with E-state index in [0.29, 0.717) is 18.4 Å². The third-order valence-corrected chi connectivity index (χ3v) is 5.51. The van der Waals surface area contributed by atoms with Crippen molar-refractivity contribution in [3.05, 3.63) is 12.1 Å². The fourth-order valence-corrected chi connectivity index (χ4v) is 3.74. The summed E-state index contributed by atoms with van der Waals surface area (Å²) < 4.78 is 5.93. The summed E-state index contributed by atoms with van der Waals surface area (Å²) in [7, 11) is 0. The van der Waals surface area contributed by atoms with Crippen molar-refractivity contribution >= 4 is 27.7 Å². The van der Waals surface area contributed by atoms with E-state index in [1.165, 1.54) is 19.3 Å². The lowest BCUT2D eigenvalue weighted by molar-refractivity contribution is -0.131. The maximum Gasteiger partial charge on any atom is 0.233 e. The van der Waals surface area contributed by atoms with Gasteiger partial charge in [0.05, 0.1) is 0 Å². The van der Waals surface area contributed by atoms with E-state index in [9.17, 15) is 4.79 Å². The van der Waals surface area contributed by atoms with E-state index in [-0.39, 0.29) is 5.91 Å². The molecule has 0 bridgehead atoms. The summed E-state index contributed by atoms with van der Waals surface area (Å²) in [4.78, 5) is 16.2. The average molecular weight is 411 g/mol. The summed E-state index contributed by atoms with van der Waals surface area (Å²) >= 11 is 3.37. The zero-order chi connectivity index (χ0) is 17.5. The SMILES string of the molecule is O=C(CCCBr)N1CCN(c2ccc(OC3CCCCC3)nn2)CC1. The van der Waals surface area contributed by atoms with Gasteiger partial charge in [-0.2, -0.15) is 0 Å². The molecule has 1 saturated heterocycles. The Morgan fingerprint density at radius 1 is 1.12 bits per heavy atom. The highest BCUT2D eigenvalue weighted by Crippen LogP contribution is 2.23. The molecule has 0 spiro atoms. The zero-order valence-electron chi connectivity index (χ0n) is 14.7. The number of carbonyl (C=O) groups is 1. The molecule has 1 saturated carbocycles. The number of ether oxygens (including phenoxy) is 1. The van der Waals surface area contributed by atoms with Crippen molar-refractivity contribution in [2.24, 2.45) is 0 Å². The van der Waals surface area contributed by atoms with Gasteiger partial charge in [-0.15, -0.1) is 10.2 Å². The first kappa shape index (κ1) is 18.4. The molecule has 1 aromatic rings. The highest BCUT2D eigenvalue weighted by Gasteiger charge is 2.22. The lowest BCUT2D eigenvalue weighted by atomic mass is 9.98. The summed E-state index contributed by atoms with van der Waals surface area (Å²) in [6, 6.07) is 3.90. The first-order valence-corrected chi connectivity index (χ1v) is 10.5. The molecule has 1 amide bonds. The molecular formula is C18H27BrN4O2. The fourth-order valence-electron chi connectivity index (χ4n) is 3.46. The number of rotatable bonds is 6. The van der Waals surface area contributed by atoms with E-state index in [1.807, 2.05) is 17.0 Å². The van der Waals surface area contributed by atoms with Crippen molar-refractivity contribution in [3.8, 4) is 5.88 Å². The highest BCUT2D eigenvalue weighted by atomic mass is 79.9. The highest BCUT2D eigenvalue weighted by molar-refractivity contribution is 9.09. The van der Waals surface area contributed by atoms with Crippen LogP contribution in [0.2, 0.25) is 0 Å². The average Bonchev–Trinajstić information content (AvgIpc) is 2.68. The number of nitrogens with zero attached hydrogens (tertiary/aromatic N) is 4. The van der Waals surface area contributed by atoms with E-state index < -0.39 is 0 Å². The minimum Gasteiger partial charge on any atom is -0.473 e. The van der Waals surface area contributed by atoms with Gasteiger partial charge in [-0.3, -0.25) is 4.79 Å². The number of piperazine rings is 1. The van der Waals surface area contributed by atoms with Gasteiger partial charge in [0.15, 0.2) is 5.82 Å².